The zero-order chi connectivity index (χ0) is 12.2. The molecule has 0 radical (unpaired) electrons. The Morgan fingerprint density at radius 3 is 2.25 bits per heavy atom. The molecular weight excluding hydrogens is 201 g/mol. The lowest BCUT2D eigenvalue weighted by molar-refractivity contribution is 0.238. The van der Waals surface area contributed by atoms with E-state index >= 15 is 0 Å². The molecule has 1 aromatic rings. The summed E-state index contributed by atoms with van der Waals surface area (Å²) in [6.07, 6.45) is 0. The number of nitrogens with one attached hydrogen (secondary N) is 1. The second-order valence-corrected chi connectivity index (χ2v) is 5.37. The van der Waals surface area contributed by atoms with E-state index in [1.54, 1.807) is 0 Å². The van der Waals surface area contributed by atoms with Crippen molar-refractivity contribution in [1.29, 1.82) is 0 Å². The Hall–Kier alpha value is -0.890. The van der Waals surface area contributed by atoms with Crippen LogP contribution in [0.3, 0.4) is 0 Å². The van der Waals surface area contributed by atoms with E-state index in [1.807, 2.05) is 12.1 Å². The van der Waals surface area contributed by atoms with Crippen LogP contribution < -0.4 is 5.32 Å². The normalized spacial score (nSPS) is 12.1. The molecule has 1 N–H and O–H groups in total. The molecule has 1 aromatic carbocycles. The van der Waals surface area contributed by atoms with Gasteiger partial charge in [0.25, 0.3) is 0 Å². The minimum atomic E-state index is -0.175. The van der Waals surface area contributed by atoms with E-state index in [0.717, 1.165) is 18.7 Å². The van der Waals surface area contributed by atoms with Crippen molar-refractivity contribution in [1.82, 2.24) is 5.32 Å². The average Bonchev–Trinajstić information content (AvgIpc) is 2.20. The smallest absolute Gasteiger partial charge is 0.123 e. The fourth-order valence-corrected chi connectivity index (χ4v) is 1.34. The van der Waals surface area contributed by atoms with Crippen LogP contribution in [-0.4, -0.2) is 6.54 Å². The van der Waals surface area contributed by atoms with E-state index in [0.29, 0.717) is 11.3 Å². The summed E-state index contributed by atoms with van der Waals surface area (Å²) in [7, 11) is 0. The lowest BCUT2D eigenvalue weighted by atomic mass is 9.81. The Bertz CT molecular complexity index is 314. The van der Waals surface area contributed by atoms with Crippen LogP contribution in [0.4, 0.5) is 4.39 Å². The molecule has 0 atom stereocenters. The van der Waals surface area contributed by atoms with Crippen molar-refractivity contribution in [2.75, 3.05) is 6.54 Å². The summed E-state index contributed by atoms with van der Waals surface area (Å²) >= 11 is 0. The van der Waals surface area contributed by atoms with Gasteiger partial charge in [0.2, 0.25) is 0 Å². The Morgan fingerprint density at radius 2 is 1.75 bits per heavy atom. The molecule has 1 nitrogen and oxygen atoms in total. The van der Waals surface area contributed by atoms with Crippen LogP contribution >= 0.6 is 0 Å². The van der Waals surface area contributed by atoms with E-state index in [-0.39, 0.29) is 5.82 Å². The first-order valence-corrected chi connectivity index (χ1v) is 5.87. The van der Waals surface area contributed by atoms with Gasteiger partial charge >= 0.3 is 0 Å². The van der Waals surface area contributed by atoms with Crippen LogP contribution in [0.5, 0.6) is 0 Å². The largest absolute Gasteiger partial charge is 0.312 e. The number of hydrogen-bond donors (Lipinski definition) is 1. The average molecular weight is 223 g/mol. The second-order valence-electron chi connectivity index (χ2n) is 5.37. The van der Waals surface area contributed by atoms with Gasteiger partial charge in [-0.25, -0.2) is 4.39 Å². The summed E-state index contributed by atoms with van der Waals surface area (Å²) in [5.74, 6) is 0.472. The third kappa shape index (κ3) is 3.93. The molecule has 0 amide bonds. The highest BCUT2D eigenvalue weighted by atomic mass is 19.1. The van der Waals surface area contributed by atoms with E-state index in [9.17, 15) is 4.39 Å². The van der Waals surface area contributed by atoms with E-state index in [1.165, 1.54) is 12.1 Å². The molecule has 1 rings (SSSR count). The summed E-state index contributed by atoms with van der Waals surface area (Å²) < 4.78 is 12.7. The van der Waals surface area contributed by atoms with Gasteiger partial charge in [0.15, 0.2) is 0 Å². The van der Waals surface area contributed by atoms with Crippen molar-refractivity contribution in [3.05, 3.63) is 35.6 Å². The molecule has 0 aromatic heterocycles. The van der Waals surface area contributed by atoms with Crippen LogP contribution in [0.15, 0.2) is 24.3 Å². The number of hydrogen-bond acceptors (Lipinski definition) is 1. The monoisotopic (exact) mass is 223 g/mol. The van der Waals surface area contributed by atoms with Crippen molar-refractivity contribution >= 4 is 0 Å². The molecule has 0 aliphatic carbocycles. The van der Waals surface area contributed by atoms with Gasteiger partial charge in [0.05, 0.1) is 0 Å². The highest BCUT2D eigenvalue weighted by molar-refractivity contribution is 5.15. The molecule has 0 fully saturated rings. The molecule has 0 aliphatic rings. The van der Waals surface area contributed by atoms with Gasteiger partial charge in [-0.05, 0) is 29.0 Å². The Morgan fingerprint density at radius 1 is 1.19 bits per heavy atom. The second kappa shape index (κ2) is 5.44. The van der Waals surface area contributed by atoms with Crippen molar-refractivity contribution < 1.29 is 4.39 Å². The predicted molar refractivity (Wildman–Crippen MR) is 66.7 cm³/mol. The summed E-state index contributed by atoms with van der Waals surface area (Å²) in [6.45, 7) is 10.8. The Balaban J connectivity index is 2.39. The molecule has 90 valence electrons. The summed E-state index contributed by atoms with van der Waals surface area (Å²) in [5.41, 5.74) is 1.42. The van der Waals surface area contributed by atoms with Crippen molar-refractivity contribution in [2.24, 2.45) is 11.3 Å². The van der Waals surface area contributed by atoms with Crippen LogP contribution in [-0.2, 0) is 6.54 Å². The molecule has 0 unspecified atom stereocenters. The SMILES string of the molecule is CC(C)C(C)(C)CNCc1ccc(F)cc1. The van der Waals surface area contributed by atoms with Gasteiger partial charge in [0.1, 0.15) is 5.82 Å². The molecule has 0 heterocycles. The Labute approximate surface area is 98.1 Å². The lowest BCUT2D eigenvalue weighted by Gasteiger charge is -2.29. The Kier molecular flexibility index (Phi) is 4.48. The van der Waals surface area contributed by atoms with Gasteiger partial charge in [-0.15, -0.1) is 0 Å². The van der Waals surface area contributed by atoms with Crippen LogP contribution in [0.1, 0.15) is 33.3 Å². The maximum absolute atomic E-state index is 12.7. The summed E-state index contributed by atoms with van der Waals surface area (Å²) in [4.78, 5) is 0. The molecule has 0 saturated heterocycles. The van der Waals surface area contributed by atoms with Gasteiger partial charge in [-0.2, -0.15) is 0 Å². The van der Waals surface area contributed by atoms with E-state index in [4.69, 9.17) is 0 Å². The topological polar surface area (TPSA) is 12.0 Å². The minimum Gasteiger partial charge on any atom is -0.312 e. The van der Waals surface area contributed by atoms with Gasteiger partial charge < -0.3 is 5.32 Å². The highest BCUT2D eigenvalue weighted by Gasteiger charge is 2.21. The van der Waals surface area contributed by atoms with Crippen LogP contribution in [0, 0.1) is 17.2 Å². The first-order valence-electron chi connectivity index (χ1n) is 5.87. The molecule has 2 heteroatoms. The fourth-order valence-electron chi connectivity index (χ4n) is 1.34. The zero-order valence-corrected chi connectivity index (χ0v) is 10.7. The quantitative estimate of drug-likeness (QED) is 0.804. The summed E-state index contributed by atoms with van der Waals surface area (Å²) in [5, 5.41) is 3.42. The summed E-state index contributed by atoms with van der Waals surface area (Å²) in [6, 6.07) is 6.66. The van der Waals surface area contributed by atoms with E-state index in [2.05, 4.69) is 33.0 Å². The molecule has 0 saturated carbocycles. The first-order chi connectivity index (χ1) is 7.42. The molecule has 0 spiro atoms. The van der Waals surface area contributed by atoms with Crippen LogP contribution in [0.25, 0.3) is 0 Å². The van der Waals surface area contributed by atoms with E-state index < -0.39 is 0 Å². The van der Waals surface area contributed by atoms with Gasteiger partial charge in [-0.1, -0.05) is 39.8 Å². The maximum Gasteiger partial charge on any atom is 0.123 e. The third-order valence-electron chi connectivity index (χ3n) is 3.39. The third-order valence-corrected chi connectivity index (χ3v) is 3.39. The van der Waals surface area contributed by atoms with Crippen molar-refractivity contribution in [2.45, 2.75) is 34.2 Å². The van der Waals surface area contributed by atoms with Crippen molar-refractivity contribution in [3.8, 4) is 0 Å². The zero-order valence-electron chi connectivity index (χ0n) is 10.7. The molecule has 0 aliphatic heterocycles. The lowest BCUT2D eigenvalue weighted by Crippen LogP contribution is -2.33. The van der Waals surface area contributed by atoms with Gasteiger partial charge in [-0.3, -0.25) is 0 Å². The standard InChI is InChI=1S/C14H22FN/c1-11(2)14(3,4)10-16-9-12-5-7-13(15)8-6-12/h5-8,11,16H,9-10H2,1-4H3. The number of halogens is 1. The van der Waals surface area contributed by atoms with Crippen molar-refractivity contribution in [3.63, 3.8) is 0 Å². The maximum atomic E-state index is 12.7. The molecule has 16 heavy (non-hydrogen) atoms. The molecular formula is C14H22FN. The first kappa shape index (κ1) is 13.2. The highest BCUT2D eigenvalue weighted by Crippen LogP contribution is 2.24. The number of benzene rings is 1. The fraction of sp³-hybridized carbons (Fsp3) is 0.571. The van der Waals surface area contributed by atoms with Gasteiger partial charge in [0, 0.05) is 13.1 Å². The predicted octanol–water partition coefficient (Wildman–Crippen LogP) is 3.60. The minimum absolute atomic E-state index is 0.175. The number of rotatable bonds is 5. The van der Waals surface area contributed by atoms with Crippen LogP contribution in [0.2, 0.25) is 0 Å². The molecule has 0 bridgehead atoms.